The van der Waals surface area contributed by atoms with Crippen LogP contribution in [0, 0.1) is 5.41 Å². The summed E-state index contributed by atoms with van der Waals surface area (Å²) in [5.41, 5.74) is 8.44. The lowest BCUT2D eigenvalue weighted by Crippen LogP contribution is -2.40. The maximum Gasteiger partial charge on any atom is 0.252 e. The molecule has 1 aromatic carbocycles. The molecule has 1 saturated carbocycles. The Morgan fingerprint density at radius 1 is 1.42 bits per heavy atom. The Balaban J connectivity index is 1.70. The van der Waals surface area contributed by atoms with Crippen molar-refractivity contribution in [2.24, 2.45) is 11.1 Å². The molecule has 1 fully saturated rings. The molecule has 4 rings (SSSR count). The highest BCUT2D eigenvalue weighted by Crippen LogP contribution is 2.46. The smallest absolute Gasteiger partial charge is 0.252 e. The number of aromatic amines is 1. The molecule has 0 spiro atoms. The number of benzene rings is 1. The molecule has 7 heteroatoms. The van der Waals surface area contributed by atoms with Crippen molar-refractivity contribution in [2.45, 2.75) is 32.4 Å². The fourth-order valence-corrected chi connectivity index (χ4v) is 3.25. The van der Waals surface area contributed by atoms with Gasteiger partial charge in [-0.15, -0.1) is 0 Å². The lowest BCUT2D eigenvalue weighted by atomic mass is 9.99. The average molecular weight is 351 g/mol. The minimum absolute atomic E-state index is 0.0303. The number of H-pyrrole nitrogens is 1. The van der Waals surface area contributed by atoms with Gasteiger partial charge in [-0.25, -0.2) is 4.98 Å². The highest BCUT2D eigenvalue weighted by molar-refractivity contribution is 6.06. The summed E-state index contributed by atoms with van der Waals surface area (Å²) in [5.74, 6) is 0.00355. The van der Waals surface area contributed by atoms with Crippen LogP contribution in [0.3, 0.4) is 0 Å². The Kier molecular flexibility index (Phi) is 3.69. The van der Waals surface area contributed by atoms with Gasteiger partial charge in [-0.05, 0) is 43.7 Å². The van der Waals surface area contributed by atoms with E-state index >= 15 is 0 Å². The molecule has 3 aromatic rings. The van der Waals surface area contributed by atoms with Gasteiger partial charge in [-0.1, -0.05) is 6.92 Å². The van der Waals surface area contributed by atoms with Crippen LogP contribution in [0.15, 0.2) is 36.5 Å². The molecule has 0 radical (unpaired) electrons. The van der Waals surface area contributed by atoms with Gasteiger partial charge in [-0.3, -0.25) is 9.89 Å². The molecule has 2 aromatic heterocycles. The summed E-state index contributed by atoms with van der Waals surface area (Å²) >= 11 is 0. The van der Waals surface area contributed by atoms with Crippen LogP contribution in [0.2, 0.25) is 0 Å². The Morgan fingerprint density at radius 3 is 2.77 bits per heavy atom. The Bertz CT molecular complexity index is 981. The second-order valence-corrected chi connectivity index (χ2v) is 7.25. The number of nitrogens with two attached hydrogens (primary N) is 1. The summed E-state index contributed by atoms with van der Waals surface area (Å²) in [7, 11) is 0. The second kappa shape index (κ2) is 5.81. The summed E-state index contributed by atoms with van der Waals surface area (Å²) in [6.07, 6.45) is 2.51. The van der Waals surface area contributed by atoms with Crippen molar-refractivity contribution < 1.29 is 9.90 Å². The van der Waals surface area contributed by atoms with Crippen LogP contribution in [-0.4, -0.2) is 38.3 Å². The van der Waals surface area contributed by atoms with Crippen molar-refractivity contribution in [1.82, 2.24) is 20.5 Å². The summed E-state index contributed by atoms with van der Waals surface area (Å²) in [4.78, 5) is 17.5. The topological polar surface area (TPSA) is 117 Å². The number of fused-ring (bicyclic) bond motifs is 1. The van der Waals surface area contributed by atoms with Gasteiger partial charge in [0, 0.05) is 23.1 Å². The zero-order valence-corrected chi connectivity index (χ0v) is 14.7. The van der Waals surface area contributed by atoms with Crippen molar-refractivity contribution in [2.75, 3.05) is 0 Å². The Hall–Kier alpha value is -2.93. The molecule has 0 aliphatic heterocycles. The van der Waals surface area contributed by atoms with Gasteiger partial charge in [0.1, 0.15) is 5.75 Å². The number of carbonyl (C=O) groups excluding carboxylic acids is 1. The molecule has 0 bridgehead atoms. The summed E-state index contributed by atoms with van der Waals surface area (Å²) in [6.45, 7) is 4.07. The molecule has 0 saturated heterocycles. The van der Waals surface area contributed by atoms with E-state index in [1.807, 2.05) is 6.92 Å². The first kappa shape index (κ1) is 16.5. The molecule has 5 N–H and O–H groups in total. The molecule has 26 heavy (non-hydrogen) atoms. The fourth-order valence-electron chi connectivity index (χ4n) is 3.25. The lowest BCUT2D eigenvalue weighted by molar-refractivity contribution is 0.0925. The van der Waals surface area contributed by atoms with Gasteiger partial charge in [0.15, 0.2) is 5.65 Å². The molecule has 1 aliphatic rings. The quantitative estimate of drug-likeness (QED) is 0.575. The standard InChI is InChI=1S/C19H21N5O2/c1-10(19(2)8-16(19)20)22-18(26)13-7-15(11-3-5-12(25)6-4-11)23-17-14(13)9-21-24-17/h3-7,9-10,16,25H,8,20H2,1-2H3,(H,22,26)(H,21,23,24). The fraction of sp³-hybridized carbons (Fsp3) is 0.316. The Morgan fingerprint density at radius 2 is 2.12 bits per heavy atom. The maximum absolute atomic E-state index is 12.9. The van der Waals surface area contributed by atoms with Crippen molar-refractivity contribution in [3.8, 4) is 17.0 Å². The normalized spacial score (nSPS) is 23.0. The molecule has 2 heterocycles. The number of phenolic OH excluding ortho intramolecular Hbond substituents is 1. The van der Waals surface area contributed by atoms with E-state index in [0.29, 0.717) is 22.3 Å². The third-order valence-electron chi connectivity index (χ3n) is 5.51. The SMILES string of the molecule is CC(NC(=O)c1cc(-c2ccc(O)cc2)nc2[nH]ncc12)C1(C)CC1N. The van der Waals surface area contributed by atoms with Crippen LogP contribution >= 0.6 is 0 Å². The first-order chi connectivity index (χ1) is 12.4. The summed E-state index contributed by atoms with van der Waals surface area (Å²) < 4.78 is 0. The van der Waals surface area contributed by atoms with Gasteiger partial charge in [0.05, 0.1) is 22.8 Å². The number of amides is 1. The molecule has 1 amide bonds. The van der Waals surface area contributed by atoms with E-state index in [0.717, 1.165) is 12.0 Å². The number of rotatable bonds is 4. The number of nitrogens with one attached hydrogen (secondary N) is 2. The minimum Gasteiger partial charge on any atom is -0.508 e. The van der Waals surface area contributed by atoms with Crippen LogP contribution in [0.5, 0.6) is 5.75 Å². The van der Waals surface area contributed by atoms with Gasteiger partial charge in [0.25, 0.3) is 5.91 Å². The summed E-state index contributed by atoms with van der Waals surface area (Å²) in [5, 5.41) is 20.1. The number of phenols is 1. The third-order valence-corrected chi connectivity index (χ3v) is 5.51. The first-order valence-corrected chi connectivity index (χ1v) is 8.58. The number of pyridine rings is 1. The van der Waals surface area contributed by atoms with Gasteiger partial charge in [0.2, 0.25) is 0 Å². The van der Waals surface area contributed by atoms with Crippen LogP contribution < -0.4 is 11.1 Å². The van der Waals surface area contributed by atoms with E-state index < -0.39 is 0 Å². The molecule has 3 atom stereocenters. The number of nitrogens with zero attached hydrogens (tertiary/aromatic N) is 2. The Labute approximate surface area is 150 Å². The highest BCUT2D eigenvalue weighted by Gasteiger charge is 2.52. The number of hydrogen-bond acceptors (Lipinski definition) is 5. The largest absolute Gasteiger partial charge is 0.508 e. The second-order valence-electron chi connectivity index (χ2n) is 7.25. The van der Waals surface area contributed by atoms with Crippen molar-refractivity contribution in [1.29, 1.82) is 0 Å². The average Bonchev–Trinajstić information content (AvgIpc) is 3.03. The van der Waals surface area contributed by atoms with Crippen LogP contribution in [0.25, 0.3) is 22.3 Å². The van der Waals surface area contributed by atoms with E-state index in [1.165, 1.54) is 0 Å². The zero-order chi connectivity index (χ0) is 18.5. The molecular weight excluding hydrogens is 330 g/mol. The monoisotopic (exact) mass is 351 g/mol. The predicted octanol–water partition coefficient (Wildman–Crippen LogP) is 2.19. The van der Waals surface area contributed by atoms with Gasteiger partial charge >= 0.3 is 0 Å². The number of aromatic hydroxyl groups is 1. The molecule has 7 nitrogen and oxygen atoms in total. The summed E-state index contributed by atoms with van der Waals surface area (Å²) in [6, 6.07) is 8.54. The van der Waals surface area contributed by atoms with Crippen LogP contribution in [0.1, 0.15) is 30.6 Å². The van der Waals surface area contributed by atoms with Crippen LogP contribution in [-0.2, 0) is 0 Å². The first-order valence-electron chi connectivity index (χ1n) is 8.58. The van der Waals surface area contributed by atoms with Crippen LogP contribution in [0.4, 0.5) is 0 Å². The number of carbonyl (C=O) groups is 1. The van der Waals surface area contributed by atoms with E-state index in [9.17, 15) is 9.90 Å². The van der Waals surface area contributed by atoms with Gasteiger partial charge in [-0.2, -0.15) is 5.10 Å². The molecule has 1 aliphatic carbocycles. The van der Waals surface area contributed by atoms with Gasteiger partial charge < -0.3 is 16.2 Å². The highest BCUT2D eigenvalue weighted by atomic mass is 16.3. The van der Waals surface area contributed by atoms with E-state index in [2.05, 4.69) is 27.4 Å². The zero-order valence-electron chi connectivity index (χ0n) is 14.7. The predicted molar refractivity (Wildman–Crippen MR) is 98.6 cm³/mol. The number of hydrogen-bond donors (Lipinski definition) is 4. The molecule has 134 valence electrons. The maximum atomic E-state index is 12.9. The molecule has 3 unspecified atom stereocenters. The van der Waals surface area contributed by atoms with Crippen molar-refractivity contribution in [3.63, 3.8) is 0 Å². The molecular formula is C19H21N5O2. The number of aromatic nitrogens is 3. The van der Waals surface area contributed by atoms with E-state index in [-0.39, 0.29) is 29.2 Å². The van der Waals surface area contributed by atoms with Crippen molar-refractivity contribution in [3.05, 3.63) is 42.1 Å². The lowest BCUT2D eigenvalue weighted by Gasteiger charge is -2.21. The van der Waals surface area contributed by atoms with E-state index in [1.54, 1.807) is 36.5 Å². The van der Waals surface area contributed by atoms with E-state index in [4.69, 9.17) is 5.73 Å². The van der Waals surface area contributed by atoms with Crippen molar-refractivity contribution >= 4 is 16.9 Å². The minimum atomic E-state index is -0.174. The third kappa shape index (κ3) is 2.70.